The molecule has 0 aliphatic carbocycles. The van der Waals surface area contributed by atoms with Crippen LogP contribution in [0, 0.1) is 0 Å². The van der Waals surface area contributed by atoms with Gasteiger partial charge in [0.15, 0.2) is 0 Å². The number of imidazole rings is 1. The molecular weight excluding hydrogens is 180 g/mol. The molecule has 0 bridgehead atoms. The highest BCUT2D eigenvalue weighted by atomic mass is 16.1. The summed E-state index contributed by atoms with van der Waals surface area (Å²) in [6, 6.07) is 0. The van der Waals surface area contributed by atoms with Gasteiger partial charge < -0.3 is 4.57 Å². The number of rotatable bonds is 3. The number of hydrogen-bond donors (Lipinski definition) is 1. The first kappa shape index (κ1) is 8.80. The van der Waals surface area contributed by atoms with Crippen molar-refractivity contribution in [3.63, 3.8) is 0 Å². The van der Waals surface area contributed by atoms with Crippen LogP contribution in [-0.2, 0) is 20.0 Å². The first-order chi connectivity index (χ1) is 6.77. The van der Waals surface area contributed by atoms with Gasteiger partial charge in [0.05, 0.1) is 6.20 Å². The lowest BCUT2D eigenvalue weighted by molar-refractivity contribution is 0.650. The Morgan fingerprint density at radius 1 is 1.50 bits per heavy atom. The van der Waals surface area contributed by atoms with E-state index >= 15 is 0 Å². The van der Waals surface area contributed by atoms with Gasteiger partial charge in [-0.25, -0.2) is 4.79 Å². The van der Waals surface area contributed by atoms with Crippen molar-refractivity contribution >= 4 is 0 Å². The number of aromatic amines is 1. The average molecular weight is 192 g/mol. The van der Waals surface area contributed by atoms with Gasteiger partial charge in [-0.1, -0.05) is 0 Å². The molecule has 5 nitrogen and oxygen atoms in total. The molecule has 0 spiro atoms. The second-order valence-electron chi connectivity index (χ2n) is 3.24. The standard InChI is InChI=1S/C9H12N4O/c1-12-4-5-13(9(12)14)3-2-8-6-10-11-7-8/h4-7H,2-3H2,1H3,(H,10,11). The number of aryl methyl sites for hydroxylation is 3. The fraction of sp³-hybridized carbons (Fsp3) is 0.333. The molecule has 0 saturated carbocycles. The van der Waals surface area contributed by atoms with E-state index in [9.17, 15) is 4.79 Å². The van der Waals surface area contributed by atoms with Crippen LogP contribution in [0.3, 0.4) is 0 Å². The van der Waals surface area contributed by atoms with E-state index in [1.807, 2.05) is 6.20 Å². The van der Waals surface area contributed by atoms with Crippen molar-refractivity contribution in [2.45, 2.75) is 13.0 Å². The molecule has 74 valence electrons. The van der Waals surface area contributed by atoms with E-state index in [4.69, 9.17) is 0 Å². The molecule has 2 aromatic rings. The monoisotopic (exact) mass is 192 g/mol. The van der Waals surface area contributed by atoms with Crippen LogP contribution in [0.2, 0.25) is 0 Å². The van der Waals surface area contributed by atoms with Crippen molar-refractivity contribution in [2.75, 3.05) is 0 Å². The minimum atomic E-state index is 0.0218. The third-order valence-corrected chi connectivity index (χ3v) is 2.21. The highest BCUT2D eigenvalue weighted by Gasteiger charge is 2.00. The number of aromatic nitrogens is 4. The third kappa shape index (κ3) is 1.61. The lowest BCUT2D eigenvalue weighted by Crippen LogP contribution is -2.22. The summed E-state index contributed by atoms with van der Waals surface area (Å²) >= 11 is 0. The van der Waals surface area contributed by atoms with Gasteiger partial charge in [-0.3, -0.25) is 9.67 Å². The molecule has 0 radical (unpaired) electrons. The molecule has 5 heteroatoms. The number of hydrogen-bond acceptors (Lipinski definition) is 2. The zero-order valence-electron chi connectivity index (χ0n) is 7.97. The number of nitrogens with one attached hydrogen (secondary N) is 1. The molecule has 14 heavy (non-hydrogen) atoms. The highest BCUT2D eigenvalue weighted by molar-refractivity contribution is 5.02. The maximum Gasteiger partial charge on any atom is 0.327 e. The van der Waals surface area contributed by atoms with Gasteiger partial charge in [0.2, 0.25) is 0 Å². The molecule has 2 heterocycles. The Balaban J connectivity index is 2.06. The van der Waals surface area contributed by atoms with Crippen LogP contribution in [-0.4, -0.2) is 19.3 Å². The fourth-order valence-electron chi connectivity index (χ4n) is 1.34. The molecule has 0 aliphatic rings. The van der Waals surface area contributed by atoms with Crippen LogP contribution in [0.1, 0.15) is 5.56 Å². The van der Waals surface area contributed by atoms with Crippen molar-refractivity contribution in [3.8, 4) is 0 Å². The molecular formula is C9H12N4O. The fourth-order valence-corrected chi connectivity index (χ4v) is 1.34. The van der Waals surface area contributed by atoms with Crippen LogP contribution in [0.4, 0.5) is 0 Å². The normalized spacial score (nSPS) is 10.6. The molecule has 1 N–H and O–H groups in total. The van der Waals surface area contributed by atoms with Gasteiger partial charge in [0.1, 0.15) is 0 Å². The summed E-state index contributed by atoms with van der Waals surface area (Å²) in [4.78, 5) is 11.4. The van der Waals surface area contributed by atoms with E-state index in [1.165, 1.54) is 0 Å². The molecule has 2 aromatic heterocycles. The minimum Gasteiger partial charge on any atom is -0.302 e. The molecule has 0 aliphatic heterocycles. The summed E-state index contributed by atoms with van der Waals surface area (Å²) in [7, 11) is 1.75. The zero-order chi connectivity index (χ0) is 9.97. The Morgan fingerprint density at radius 2 is 2.36 bits per heavy atom. The zero-order valence-corrected chi connectivity index (χ0v) is 7.97. The smallest absolute Gasteiger partial charge is 0.302 e. The summed E-state index contributed by atoms with van der Waals surface area (Å²) in [5.74, 6) is 0. The summed E-state index contributed by atoms with van der Waals surface area (Å²) in [5.41, 5.74) is 1.13. The Labute approximate surface area is 81.0 Å². The SMILES string of the molecule is Cn1ccn(CCc2cn[nH]c2)c1=O. The molecule has 0 atom stereocenters. The van der Waals surface area contributed by atoms with E-state index in [0.717, 1.165) is 12.0 Å². The van der Waals surface area contributed by atoms with Crippen molar-refractivity contribution in [1.29, 1.82) is 0 Å². The van der Waals surface area contributed by atoms with Crippen molar-refractivity contribution in [1.82, 2.24) is 19.3 Å². The number of nitrogens with zero attached hydrogens (tertiary/aromatic N) is 3. The Bertz CT molecular complexity index is 451. The Kier molecular flexibility index (Phi) is 2.22. The van der Waals surface area contributed by atoms with Crippen LogP contribution in [0.25, 0.3) is 0 Å². The quantitative estimate of drug-likeness (QED) is 0.752. The van der Waals surface area contributed by atoms with Crippen molar-refractivity contribution < 1.29 is 0 Å². The van der Waals surface area contributed by atoms with Crippen molar-refractivity contribution in [3.05, 3.63) is 40.8 Å². The summed E-state index contributed by atoms with van der Waals surface area (Å²) in [6.45, 7) is 0.694. The van der Waals surface area contributed by atoms with Gasteiger partial charge in [-0.2, -0.15) is 5.10 Å². The van der Waals surface area contributed by atoms with E-state index < -0.39 is 0 Å². The lowest BCUT2D eigenvalue weighted by atomic mass is 10.2. The molecule has 0 fully saturated rings. The lowest BCUT2D eigenvalue weighted by Gasteiger charge is -1.98. The molecule has 0 aromatic carbocycles. The number of H-pyrrole nitrogens is 1. The maximum atomic E-state index is 11.4. The second-order valence-corrected chi connectivity index (χ2v) is 3.24. The van der Waals surface area contributed by atoms with Gasteiger partial charge in [0, 0.05) is 32.2 Å². The van der Waals surface area contributed by atoms with Crippen LogP contribution in [0.15, 0.2) is 29.6 Å². The Morgan fingerprint density at radius 3 is 2.93 bits per heavy atom. The first-order valence-electron chi connectivity index (χ1n) is 4.47. The summed E-state index contributed by atoms with van der Waals surface area (Å²) in [5, 5.41) is 6.59. The predicted molar refractivity (Wildman–Crippen MR) is 52.0 cm³/mol. The minimum absolute atomic E-state index is 0.0218. The highest BCUT2D eigenvalue weighted by Crippen LogP contribution is 1.96. The third-order valence-electron chi connectivity index (χ3n) is 2.21. The van der Waals surface area contributed by atoms with E-state index in [-0.39, 0.29) is 5.69 Å². The van der Waals surface area contributed by atoms with Gasteiger partial charge in [0.25, 0.3) is 0 Å². The van der Waals surface area contributed by atoms with Gasteiger partial charge in [-0.05, 0) is 12.0 Å². The topological polar surface area (TPSA) is 55.6 Å². The second kappa shape index (κ2) is 3.53. The Hall–Kier alpha value is -1.78. The first-order valence-corrected chi connectivity index (χ1v) is 4.47. The summed E-state index contributed by atoms with van der Waals surface area (Å²) in [6.07, 6.45) is 7.99. The van der Waals surface area contributed by atoms with E-state index in [1.54, 1.807) is 34.8 Å². The van der Waals surface area contributed by atoms with Crippen LogP contribution >= 0.6 is 0 Å². The van der Waals surface area contributed by atoms with E-state index in [0.29, 0.717) is 6.54 Å². The molecule has 0 saturated heterocycles. The van der Waals surface area contributed by atoms with Crippen molar-refractivity contribution in [2.24, 2.45) is 7.05 Å². The van der Waals surface area contributed by atoms with E-state index in [2.05, 4.69) is 10.2 Å². The maximum absolute atomic E-state index is 11.4. The predicted octanol–water partition coefficient (Wildman–Crippen LogP) is 0.153. The average Bonchev–Trinajstić information content (AvgIpc) is 2.77. The van der Waals surface area contributed by atoms with Gasteiger partial charge >= 0.3 is 5.69 Å². The van der Waals surface area contributed by atoms with Crippen LogP contribution in [0.5, 0.6) is 0 Å². The van der Waals surface area contributed by atoms with Crippen LogP contribution < -0.4 is 5.69 Å². The summed E-state index contributed by atoms with van der Waals surface area (Å²) < 4.78 is 3.25. The molecule has 0 unspecified atom stereocenters. The molecule has 0 amide bonds. The largest absolute Gasteiger partial charge is 0.327 e. The van der Waals surface area contributed by atoms with Gasteiger partial charge in [-0.15, -0.1) is 0 Å². The molecule has 2 rings (SSSR count).